The number of anilines is 2. The summed E-state index contributed by atoms with van der Waals surface area (Å²) in [5.74, 6) is 0.644. The molecule has 0 bridgehead atoms. The highest BCUT2D eigenvalue weighted by Gasteiger charge is 2.06. The van der Waals surface area contributed by atoms with E-state index in [-0.39, 0.29) is 5.91 Å². The standard InChI is InChI=1S/C19H26N4O/c1-14-6-8-17(15(2)12-14)22-18-9-7-16(13-21-18)19(24)20-10-5-11-23(3)4/h6-9,12-13H,5,10-11H2,1-4H3,(H,20,24)(H,21,22). The molecule has 2 aromatic rings. The number of benzene rings is 1. The molecular weight excluding hydrogens is 300 g/mol. The highest BCUT2D eigenvalue weighted by atomic mass is 16.1. The Kier molecular flexibility index (Phi) is 6.32. The molecule has 1 amide bonds. The van der Waals surface area contributed by atoms with Gasteiger partial charge in [-0.05, 0) is 64.7 Å². The van der Waals surface area contributed by atoms with Crippen LogP contribution in [0.15, 0.2) is 36.5 Å². The predicted octanol–water partition coefficient (Wildman–Crippen LogP) is 3.12. The van der Waals surface area contributed by atoms with Crippen molar-refractivity contribution in [1.29, 1.82) is 0 Å². The summed E-state index contributed by atoms with van der Waals surface area (Å²) < 4.78 is 0. The maximum absolute atomic E-state index is 12.1. The minimum Gasteiger partial charge on any atom is -0.352 e. The molecule has 0 aliphatic carbocycles. The van der Waals surface area contributed by atoms with Crippen LogP contribution in [0.5, 0.6) is 0 Å². The van der Waals surface area contributed by atoms with Gasteiger partial charge in [0.05, 0.1) is 5.56 Å². The van der Waals surface area contributed by atoms with Gasteiger partial charge in [-0.2, -0.15) is 0 Å². The van der Waals surface area contributed by atoms with Gasteiger partial charge in [0.2, 0.25) is 0 Å². The molecular formula is C19H26N4O. The van der Waals surface area contributed by atoms with Crippen LogP contribution in [0, 0.1) is 13.8 Å². The third-order valence-electron chi connectivity index (χ3n) is 3.74. The van der Waals surface area contributed by atoms with Crippen LogP contribution in [0.3, 0.4) is 0 Å². The lowest BCUT2D eigenvalue weighted by Crippen LogP contribution is -2.27. The van der Waals surface area contributed by atoms with Gasteiger partial charge < -0.3 is 15.5 Å². The average Bonchev–Trinajstić information content (AvgIpc) is 2.54. The SMILES string of the molecule is Cc1ccc(Nc2ccc(C(=O)NCCCN(C)C)cn2)c(C)c1. The van der Waals surface area contributed by atoms with Gasteiger partial charge in [-0.1, -0.05) is 17.7 Å². The normalized spacial score (nSPS) is 10.7. The fourth-order valence-electron chi connectivity index (χ4n) is 2.39. The molecule has 1 aromatic heterocycles. The van der Waals surface area contributed by atoms with Crippen molar-refractivity contribution in [2.24, 2.45) is 0 Å². The lowest BCUT2D eigenvalue weighted by molar-refractivity contribution is 0.0952. The second-order valence-corrected chi connectivity index (χ2v) is 6.29. The molecule has 24 heavy (non-hydrogen) atoms. The Morgan fingerprint density at radius 3 is 2.58 bits per heavy atom. The first-order chi connectivity index (χ1) is 11.5. The number of carbonyl (C=O) groups excluding carboxylic acids is 1. The molecule has 128 valence electrons. The zero-order valence-corrected chi connectivity index (χ0v) is 14.9. The van der Waals surface area contributed by atoms with Crippen LogP contribution in [0.4, 0.5) is 11.5 Å². The number of aryl methyl sites for hydroxylation is 2. The largest absolute Gasteiger partial charge is 0.352 e. The smallest absolute Gasteiger partial charge is 0.252 e. The van der Waals surface area contributed by atoms with Crippen molar-refractivity contribution < 1.29 is 4.79 Å². The predicted molar refractivity (Wildman–Crippen MR) is 98.9 cm³/mol. The molecule has 0 aliphatic rings. The van der Waals surface area contributed by atoms with Gasteiger partial charge in [0.15, 0.2) is 0 Å². The van der Waals surface area contributed by atoms with Crippen LogP contribution in [0.25, 0.3) is 0 Å². The van der Waals surface area contributed by atoms with E-state index in [0.29, 0.717) is 12.1 Å². The molecule has 0 unspecified atom stereocenters. The maximum atomic E-state index is 12.1. The van der Waals surface area contributed by atoms with E-state index >= 15 is 0 Å². The van der Waals surface area contributed by atoms with Crippen molar-refractivity contribution in [3.8, 4) is 0 Å². The first-order valence-electron chi connectivity index (χ1n) is 8.19. The summed E-state index contributed by atoms with van der Waals surface area (Å²) in [6.07, 6.45) is 2.53. The van der Waals surface area contributed by atoms with Crippen LogP contribution in [0.2, 0.25) is 0 Å². The second kappa shape index (κ2) is 8.45. The number of hydrogen-bond donors (Lipinski definition) is 2. The number of nitrogens with zero attached hydrogens (tertiary/aromatic N) is 2. The van der Waals surface area contributed by atoms with E-state index in [1.165, 1.54) is 11.1 Å². The number of aromatic nitrogens is 1. The van der Waals surface area contributed by atoms with Crippen LogP contribution < -0.4 is 10.6 Å². The van der Waals surface area contributed by atoms with Crippen LogP contribution >= 0.6 is 0 Å². The first-order valence-corrected chi connectivity index (χ1v) is 8.19. The molecule has 2 rings (SSSR count). The van der Waals surface area contributed by atoms with Crippen LogP contribution in [0.1, 0.15) is 27.9 Å². The highest BCUT2D eigenvalue weighted by Crippen LogP contribution is 2.20. The van der Waals surface area contributed by atoms with Crippen molar-refractivity contribution in [2.75, 3.05) is 32.5 Å². The number of hydrogen-bond acceptors (Lipinski definition) is 4. The first kappa shape index (κ1) is 17.9. The molecule has 0 aliphatic heterocycles. The van der Waals surface area contributed by atoms with E-state index in [0.717, 1.165) is 24.5 Å². The molecule has 0 atom stereocenters. The molecule has 0 spiro atoms. The lowest BCUT2D eigenvalue weighted by atomic mass is 10.1. The quantitative estimate of drug-likeness (QED) is 0.768. The topological polar surface area (TPSA) is 57.3 Å². The molecule has 2 N–H and O–H groups in total. The van der Waals surface area contributed by atoms with Crippen molar-refractivity contribution >= 4 is 17.4 Å². The van der Waals surface area contributed by atoms with Gasteiger partial charge in [-0.15, -0.1) is 0 Å². The minimum atomic E-state index is -0.0840. The van der Waals surface area contributed by atoms with E-state index in [4.69, 9.17) is 0 Å². The monoisotopic (exact) mass is 326 g/mol. The summed E-state index contributed by atoms with van der Waals surface area (Å²) in [5, 5.41) is 6.19. The summed E-state index contributed by atoms with van der Waals surface area (Å²) in [5.41, 5.74) is 3.99. The van der Waals surface area contributed by atoms with Gasteiger partial charge >= 0.3 is 0 Å². The highest BCUT2D eigenvalue weighted by molar-refractivity contribution is 5.94. The van der Waals surface area contributed by atoms with Crippen LogP contribution in [-0.4, -0.2) is 43.0 Å². The number of nitrogens with one attached hydrogen (secondary N) is 2. The molecule has 1 heterocycles. The van der Waals surface area contributed by atoms with E-state index in [1.54, 1.807) is 12.3 Å². The third-order valence-corrected chi connectivity index (χ3v) is 3.74. The Bertz CT molecular complexity index is 680. The zero-order chi connectivity index (χ0) is 17.5. The Balaban J connectivity index is 1.91. The molecule has 0 saturated carbocycles. The Morgan fingerprint density at radius 2 is 1.96 bits per heavy atom. The number of rotatable bonds is 7. The van der Waals surface area contributed by atoms with Gasteiger partial charge in [0.25, 0.3) is 5.91 Å². The summed E-state index contributed by atoms with van der Waals surface area (Å²) in [7, 11) is 4.04. The van der Waals surface area contributed by atoms with Crippen molar-refractivity contribution in [1.82, 2.24) is 15.2 Å². The summed E-state index contributed by atoms with van der Waals surface area (Å²) in [6.45, 7) is 5.75. The van der Waals surface area contributed by atoms with E-state index < -0.39 is 0 Å². The van der Waals surface area contributed by atoms with Gasteiger partial charge in [0, 0.05) is 18.4 Å². The Labute approximate surface area is 144 Å². The zero-order valence-electron chi connectivity index (χ0n) is 14.9. The minimum absolute atomic E-state index is 0.0840. The molecule has 0 saturated heterocycles. The number of amides is 1. The van der Waals surface area contributed by atoms with Gasteiger partial charge in [0.1, 0.15) is 5.82 Å². The average molecular weight is 326 g/mol. The lowest BCUT2D eigenvalue weighted by Gasteiger charge is -2.11. The van der Waals surface area contributed by atoms with Crippen molar-refractivity contribution in [3.63, 3.8) is 0 Å². The summed E-state index contributed by atoms with van der Waals surface area (Å²) in [4.78, 5) is 18.5. The molecule has 0 fully saturated rings. The molecule has 0 radical (unpaired) electrons. The number of carbonyl (C=O) groups is 1. The molecule has 5 nitrogen and oxygen atoms in total. The maximum Gasteiger partial charge on any atom is 0.252 e. The fourth-order valence-corrected chi connectivity index (χ4v) is 2.39. The Hall–Kier alpha value is -2.40. The number of pyridine rings is 1. The van der Waals surface area contributed by atoms with E-state index in [9.17, 15) is 4.79 Å². The van der Waals surface area contributed by atoms with Crippen LogP contribution in [-0.2, 0) is 0 Å². The molecule has 1 aromatic carbocycles. The third kappa shape index (κ3) is 5.35. The van der Waals surface area contributed by atoms with Gasteiger partial charge in [-0.3, -0.25) is 4.79 Å². The van der Waals surface area contributed by atoms with Gasteiger partial charge in [-0.25, -0.2) is 4.98 Å². The van der Waals surface area contributed by atoms with Crippen molar-refractivity contribution in [3.05, 3.63) is 53.2 Å². The Morgan fingerprint density at radius 1 is 1.17 bits per heavy atom. The van der Waals surface area contributed by atoms with Crippen molar-refractivity contribution in [2.45, 2.75) is 20.3 Å². The van der Waals surface area contributed by atoms with E-state index in [1.807, 2.05) is 26.2 Å². The second-order valence-electron chi connectivity index (χ2n) is 6.29. The summed E-state index contributed by atoms with van der Waals surface area (Å²) in [6, 6.07) is 9.84. The van der Waals surface area contributed by atoms with E-state index in [2.05, 4.69) is 46.5 Å². The summed E-state index contributed by atoms with van der Waals surface area (Å²) >= 11 is 0. The molecule has 5 heteroatoms. The fraction of sp³-hybridized carbons (Fsp3) is 0.368.